The van der Waals surface area contributed by atoms with Gasteiger partial charge in [-0.2, -0.15) is 4.98 Å². The molecule has 34 heavy (non-hydrogen) atoms. The zero-order valence-corrected chi connectivity index (χ0v) is 20.4. The van der Waals surface area contributed by atoms with E-state index in [1.165, 1.54) is 14.7 Å². The van der Waals surface area contributed by atoms with Crippen molar-refractivity contribution < 1.29 is 0 Å². The fourth-order valence-corrected chi connectivity index (χ4v) is 5.03. The Morgan fingerprint density at radius 1 is 1.09 bits per heavy atom. The lowest BCUT2D eigenvalue weighted by Crippen LogP contribution is -2.40. The number of rotatable bonds is 5. The van der Waals surface area contributed by atoms with Crippen LogP contribution in [0.5, 0.6) is 0 Å². The van der Waals surface area contributed by atoms with Gasteiger partial charge in [0.15, 0.2) is 11.2 Å². The van der Waals surface area contributed by atoms with Crippen LogP contribution in [-0.4, -0.2) is 25.2 Å². The van der Waals surface area contributed by atoms with Crippen molar-refractivity contribution in [1.29, 1.82) is 0 Å². The molecule has 7 nitrogen and oxygen atoms in total. The molecular formula is C26H28ClN5O2. The van der Waals surface area contributed by atoms with Crippen molar-refractivity contribution in [2.45, 2.75) is 39.8 Å². The van der Waals surface area contributed by atoms with Crippen molar-refractivity contribution in [1.82, 2.24) is 18.7 Å². The van der Waals surface area contributed by atoms with Crippen LogP contribution in [0.15, 0.2) is 58.1 Å². The molecule has 0 aliphatic carbocycles. The number of imidazole rings is 1. The minimum Gasteiger partial charge on any atom is -0.311 e. The smallest absolute Gasteiger partial charge is 0.311 e. The van der Waals surface area contributed by atoms with E-state index in [1.807, 2.05) is 47.9 Å². The second-order valence-electron chi connectivity index (χ2n) is 9.23. The predicted octanol–water partition coefficient (Wildman–Crippen LogP) is 4.28. The molecule has 5 rings (SSSR count). The third kappa shape index (κ3) is 3.84. The largest absolute Gasteiger partial charge is 0.332 e. The van der Waals surface area contributed by atoms with E-state index in [-0.39, 0.29) is 17.2 Å². The molecule has 1 atom stereocenters. The van der Waals surface area contributed by atoms with Gasteiger partial charge in [0.2, 0.25) is 5.95 Å². The van der Waals surface area contributed by atoms with Gasteiger partial charge in [0.25, 0.3) is 5.56 Å². The quantitative estimate of drug-likeness (QED) is 0.430. The van der Waals surface area contributed by atoms with Gasteiger partial charge in [-0.15, -0.1) is 0 Å². The lowest BCUT2D eigenvalue weighted by atomic mass is 10.1. The number of hydrogen-bond donors (Lipinski definition) is 0. The average Bonchev–Trinajstić information content (AvgIpc) is 3.21. The van der Waals surface area contributed by atoms with Crippen LogP contribution in [0.3, 0.4) is 0 Å². The van der Waals surface area contributed by atoms with Crippen LogP contribution in [0, 0.1) is 12.8 Å². The normalized spacial score (nSPS) is 15.6. The molecular weight excluding hydrogens is 450 g/mol. The number of hydrogen-bond acceptors (Lipinski definition) is 4. The first-order valence-corrected chi connectivity index (χ1v) is 12.0. The van der Waals surface area contributed by atoms with Crippen molar-refractivity contribution in [3.05, 3.63) is 85.5 Å². The summed E-state index contributed by atoms with van der Waals surface area (Å²) < 4.78 is 4.83. The van der Waals surface area contributed by atoms with E-state index in [9.17, 15) is 9.59 Å². The Bertz CT molecular complexity index is 1490. The summed E-state index contributed by atoms with van der Waals surface area (Å²) in [4.78, 5) is 33.6. The number of halogens is 1. The van der Waals surface area contributed by atoms with E-state index in [1.54, 1.807) is 7.05 Å². The van der Waals surface area contributed by atoms with Crippen LogP contribution >= 0.6 is 11.6 Å². The van der Waals surface area contributed by atoms with Gasteiger partial charge in [0.1, 0.15) is 0 Å². The molecule has 176 valence electrons. The lowest BCUT2D eigenvalue weighted by Gasteiger charge is -2.33. The number of aromatic nitrogens is 4. The topological polar surface area (TPSA) is 65.1 Å². The second kappa shape index (κ2) is 8.80. The van der Waals surface area contributed by atoms with Crippen molar-refractivity contribution in [2.24, 2.45) is 13.0 Å². The first-order chi connectivity index (χ1) is 16.3. The van der Waals surface area contributed by atoms with Crippen LogP contribution in [0.1, 0.15) is 24.5 Å². The molecule has 0 N–H and O–H groups in total. The standard InChI is InChI=1S/C26H28ClN5O2/c1-17-15-31(21-14-20(27)12-11-18(21)2)25-28-23-22(32(25)16-17)24(33)30(26(34)29(23)3)13-7-10-19-8-5-4-6-9-19/h4-6,8-9,11-12,14,17H,7,10,13,15-16H2,1-3H3/t17-/m0/s1. The Hall–Kier alpha value is -3.32. The molecule has 3 heterocycles. The molecule has 8 heteroatoms. The van der Waals surface area contributed by atoms with Crippen molar-refractivity contribution in [2.75, 3.05) is 11.4 Å². The van der Waals surface area contributed by atoms with E-state index in [0.29, 0.717) is 41.6 Å². The maximum Gasteiger partial charge on any atom is 0.332 e. The molecule has 0 saturated carbocycles. The zero-order chi connectivity index (χ0) is 24.0. The Kier molecular flexibility index (Phi) is 5.81. The van der Waals surface area contributed by atoms with E-state index >= 15 is 0 Å². The summed E-state index contributed by atoms with van der Waals surface area (Å²) in [5.74, 6) is 0.957. The van der Waals surface area contributed by atoms with Gasteiger partial charge < -0.3 is 9.47 Å². The van der Waals surface area contributed by atoms with Gasteiger partial charge >= 0.3 is 5.69 Å². The Labute approximate surface area is 202 Å². The molecule has 2 aromatic carbocycles. The van der Waals surface area contributed by atoms with Crippen LogP contribution in [-0.2, 0) is 26.6 Å². The molecule has 4 aromatic rings. The molecule has 0 bridgehead atoms. The van der Waals surface area contributed by atoms with E-state index < -0.39 is 0 Å². The van der Waals surface area contributed by atoms with Crippen molar-refractivity contribution in [3.8, 4) is 0 Å². The van der Waals surface area contributed by atoms with Gasteiger partial charge in [-0.05, 0) is 48.9 Å². The third-order valence-electron chi connectivity index (χ3n) is 6.59. The number of benzene rings is 2. The molecule has 0 saturated heterocycles. The molecule has 0 radical (unpaired) electrons. The SMILES string of the molecule is Cc1ccc(Cl)cc1N1C[C@H](C)Cn2c1nc1c2c(=O)n(CCCc2ccccc2)c(=O)n1C. The predicted molar refractivity (Wildman–Crippen MR) is 136 cm³/mol. The van der Waals surface area contributed by atoms with Crippen LogP contribution < -0.4 is 16.1 Å². The second-order valence-corrected chi connectivity index (χ2v) is 9.67. The highest BCUT2D eigenvalue weighted by molar-refractivity contribution is 6.30. The first kappa shape index (κ1) is 22.5. The zero-order valence-electron chi connectivity index (χ0n) is 19.7. The lowest BCUT2D eigenvalue weighted by molar-refractivity contribution is 0.457. The maximum absolute atomic E-state index is 13.6. The van der Waals surface area contributed by atoms with Crippen LogP contribution in [0.25, 0.3) is 11.2 Å². The average molecular weight is 478 g/mol. The van der Waals surface area contributed by atoms with Crippen LogP contribution in [0.4, 0.5) is 11.6 Å². The highest BCUT2D eigenvalue weighted by atomic mass is 35.5. The minimum atomic E-state index is -0.334. The number of fused-ring (bicyclic) bond motifs is 3. The van der Waals surface area contributed by atoms with Gasteiger partial charge in [0, 0.05) is 37.4 Å². The molecule has 1 aliphatic rings. The van der Waals surface area contributed by atoms with Gasteiger partial charge in [-0.25, -0.2) is 4.79 Å². The highest BCUT2D eigenvalue weighted by Gasteiger charge is 2.30. The van der Waals surface area contributed by atoms with E-state index in [4.69, 9.17) is 16.6 Å². The van der Waals surface area contributed by atoms with Gasteiger partial charge in [0.05, 0.1) is 0 Å². The van der Waals surface area contributed by atoms with Crippen molar-refractivity contribution >= 4 is 34.4 Å². The number of aryl methyl sites for hydroxylation is 3. The van der Waals surface area contributed by atoms with Gasteiger partial charge in [-0.1, -0.05) is 54.9 Å². The minimum absolute atomic E-state index is 0.276. The summed E-state index contributed by atoms with van der Waals surface area (Å²) in [7, 11) is 1.69. The third-order valence-corrected chi connectivity index (χ3v) is 6.83. The summed E-state index contributed by atoms with van der Waals surface area (Å²) in [5, 5.41) is 0.648. The summed E-state index contributed by atoms with van der Waals surface area (Å²) in [5.41, 5.74) is 3.52. The molecule has 0 spiro atoms. The molecule has 0 fully saturated rings. The summed E-state index contributed by atoms with van der Waals surface area (Å²) in [6.45, 7) is 5.97. The Morgan fingerprint density at radius 2 is 1.85 bits per heavy atom. The monoisotopic (exact) mass is 477 g/mol. The van der Waals surface area contributed by atoms with E-state index in [2.05, 4.69) is 24.0 Å². The van der Waals surface area contributed by atoms with E-state index in [0.717, 1.165) is 24.2 Å². The fraction of sp³-hybridized carbons (Fsp3) is 0.346. The molecule has 0 amide bonds. The molecule has 0 unspecified atom stereocenters. The number of anilines is 2. The maximum atomic E-state index is 13.6. The Morgan fingerprint density at radius 3 is 2.62 bits per heavy atom. The fourth-order valence-electron chi connectivity index (χ4n) is 4.86. The molecule has 2 aromatic heterocycles. The summed E-state index contributed by atoms with van der Waals surface area (Å²) in [6.07, 6.45) is 1.51. The molecule has 1 aliphatic heterocycles. The number of nitrogens with zero attached hydrogens (tertiary/aromatic N) is 5. The van der Waals surface area contributed by atoms with Crippen LogP contribution in [0.2, 0.25) is 5.02 Å². The highest BCUT2D eigenvalue weighted by Crippen LogP contribution is 2.35. The van der Waals surface area contributed by atoms with Gasteiger partial charge in [-0.3, -0.25) is 13.9 Å². The summed E-state index contributed by atoms with van der Waals surface area (Å²) >= 11 is 6.31. The Balaban J connectivity index is 1.60. The first-order valence-electron chi connectivity index (χ1n) is 11.6. The van der Waals surface area contributed by atoms with Crippen molar-refractivity contribution in [3.63, 3.8) is 0 Å². The summed E-state index contributed by atoms with van der Waals surface area (Å²) in [6, 6.07) is 15.9.